The monoisotopic (exact) mass is 902 g/mol. The van der Waals surface area contributed by atoms with Gasteiger partial charge in [0.15, 0.2) is 0 Å². The summed E-state index contributed by atoms with van der Waals surface area (Å²) in [5, 5.41) is 5.08. The second kappa shape index (κ2) is 17.0. The van der Waals surface area contributed by atoms with Crippen LogP contribution in [0.4, 0.5) is 0 Å². The average Bonchev–Trinajstić information content (AvgIpc) is 3.91. The lowest BCUT2D eigenvalue weighted by molar-refractivity contribution is 0.796. The Morgan fingerprint density at radius 1 is 0.239 bits per heavy atom. The van der Waals surface area contributed by atoms with Gasteiger partial charge >= 0.3 is 0 Å². The summed E-state index contributed by atoms with van der Waals surface area (Å²) in [6, 6.07) is 102. The molecule has 0 N–H and O–H groups in total. The van der Waals surface area contributed by atoms with Crippen molar-refractivity contribution in [2.75, 3.05) is 0 Å². The third-order valence-electron chi connectivity index (χ3n) is 15.5. The van der Waals surface area contributed by atoms with E-state index in [-0.39, 0.29) is 13.3 Å². The van der Waals surface area contributed by atoms with Gasteiger partial charge in [-0.15, -0.1) is 0 Å². The molecule has 334 valence electrons. The van der Waals surface area contributed by atoms with Crippen molar-refractivity contribution < 1.29 is 0 Å². The van der Waals surface area contributed by atoms with Crippen molar-refractivity contribution in [1.29, 1.82) is 0 Å². The first-order chi connectivity index (χ1) is 34.7. The van der Waals surface area contributed by atoms with Crippen LogP contribution in [0.2, 0.25) is 0 Å². The molecule has 0 nitrogen and oxygen atoms in total. The fraction of sp³-hybridized carbons (Fsp3) is 0.0423. The molecule has 0 fully saturated rings. The summed E-state index contributed by atoms with van der Waals surface area (Å²) in [5.41, 5.74) is 24.1. The molecule has 0 heterocycles. The quantitative estimate of drug-likeness (QED) is 0.140. The molecule has 0 saturated carbocycles. The molecular formula is C71H50. The largest absolute Gasteiger partial charge is 0.0776 e. The van der Waals surface area contributed by atoms with E-state index < -0.39 is 5.41 Å². The molecule has 71 heavy (non-hydrogen) atoms. The minimum absolute atomic E-state index is 0. The van der Waals surface area contributed by atoms with Crippen LogP contribution in [0.3, 0.4) is 0 Å². The van der Waals surface area contributed by atoms with Crippen molar-refractivity contribution >= 4 is 21.5 Å². The molecule has 12 aromatic rings. The van der Waals surface area contributed by atoms with E-state index in [0.29, 0.717) is 0 Å². The third kappa shape index (κ3) is 6.59. The topological polar surface area (TPSA) is 0 Å². The van der Waals surface area contributed by atoms with Gasteiger partial charge in [-0.05, 0) is 127 Å². The van der Waals surface area contributed by atoms with Crippen LogP contribution in [0.5, 0.6) is 0 Å². The Morgan fingerprint density at radius 2 is 0.577 bits per heavy atom. The zero-order valence-electron chi connectivity index (χ0n) is 38.6. The van der Waals surface area contributed by atoms with Crippen LogP contribution < -0.4 is 0 Å². The summed E-state index contributed by atoms with van der Waals surface area (Å²) in [5.74, 6) is 0.0489. The molecule has 1 atom stereocenters. The molecule has 0 saturated heterocycles. The molecule has 0 heteroatoms. The second-order valence-electron chi connectivity index (χ2n) is 19.0. The van der Waals surface area contributed by atoms with Crippen LogP contribution in [-0.4, -0.2) is 0 Å². The normalized spacial score (nSPS) is 13.0. The summed E-state index contributed by atoms with van der Waals surface area (Å²) >= 11 is 0. The molecule has 0 aromatic heterocycles. The molecule has 0 aliphatic heterocycles. The van der Waals surface area contributed by atoms with Gasteiger partial charge in [0, 0.05) is 5.92 Å². The van der Waals surface area contributed by atoms with Gasteiger partial charge in [0.1, 0.15) is 0 Å². The number of rotatable bonds is 7. The summed E-state index contributed by atoms with van der Waals surface area (Å²) in [4.78, 5) is 0. The smallest absolute Gasteiger partial charge is 0.0731 e. The maximum Gasteiger partial charge on any atom is 0.0731 e. The van der Waals surface area contributed by atoms with E-state index in [1.54, 1.807) is 0 Å². The van der Waals surface area contributed by atoms with Crippen molar-refractivity contribution in [2.45, 2.75) is 18.8 Å². The van der Waals surface area contributed by atoms with Crippen LogP contribution in [-0.2, 0) is 5.41 Å². The number of hydrogen-bond acceptors (Lipinski definition) is 0. The van der Waals surface area contributed by atoms with E-state index in [4.69, 9.17) is 0 Å². The van der Waals surface area contributed by atoms with Crippen LogP contribution in [0.1, 0.15) is 52.3 Å². The zero-order valence-corrected chi connectivity index (χ0v) is 38.6. The number of fused-ring (bicyclic) bond motifs is 12. The second-order valence-corrected chi connectivity index (χ2v) is 19.0. The van der Waals surface area contributed by atoms with Gasteiger partial charge in [0.2, 0.25) is 0 Å². The van der Waals surface area contributed by atoms with Gasteiger partial charge in [-0.2, -0.15) is 0 Å². The van der Waals surface area contributed by atoms with Gasteiger partial charge < -0.3 is 0 Å². The molecule has 0 radical (unpaired) electrons. The molecule has 1 spiro atoms. The molecule has 12 aromatic carbocycles. The predicted molar refractivity (Wildman–Crippen MR) is 300 cm³/mol. The first-order valence-electron chi connectivity index (χ1n) is 24.5. The minimum atomic E-state index is -0.393. The summed E-state index contributed by atoms with van der Waals surface area (Å²) in [7, 11) is 0. The average molecular weight is 903 g/mol. The Kier molecular flexibility index (Phi) is 10.1. The van der Waals surface area contributed by atoms with Gasteiger partial charge in [-0.3, -0.25) is 0 Å². The Balaban J connectivity index is 0.00000492. The Labute approximate surface area is 416 Å². The van der Waals surface area contributed by atoms with Crippen LogP contribution >= 0.6 is 0 Å². The molecular weight excluding hydrogens is 853 g/mol. The van der Waals surface area contributed by atoms with E-state index in [1.807, 2.05) is 0 Å². The highest BCUT2D eigenvalue weighted by atomic mass is 14.5. The Bertz CT molecular complexity index is 3890. The standard InChI is InChI=1S/C70H46.CH4/c1-3-18-56-50(14-1)16-11-23-57(56)52-38-30-46(31-39-52)48-34-42-54(43-35-48)68(63-25-12-17-51-15-2-4-19-58(51)63)55-44-36-49(37-45-55)47-32-40-53(41-33-47)59-24-13-26-64-62-22-7-10-29-67(62)70(69(59)64)65-27-8-5-20-60(65)61-21-6-9-28-66(61)70;/h1-45,68H;1H4. The lowest BCUT2D eigenvalue weighted by Crippen LogP contribution is -2.26. The van der Waals surface area contributed by atoms with Crippen molar-refractivity contribution in [3.05, 3.63) is 312 Å². The van der Waals surface area contributed by atoms with E-state index >= 15 is 0 Å². The van der Waals surface area contributed by atoms with Crippen LogP contribution in [0, 0.1) is 0 Å². The molecule has 0 amide bonds. The highest BCUT2D eigenvalue weighted by molar-refractivity contribution is 5.99. The molecule has 0 bridgehead atoms. The van der Waals surface area contributed by atoms with E-state index in [2.05, 4.69) is 273 Å². The van der Waals surface area contributed by atoms with E-state index in [9.17, 15) is 0 Å². The highest BCUT2D eigenvalue weighted by Gasteiger charge is 2.52. The lowest BCUT2D eigenvalue weighted by atomic mass is 9.68. The molecule has 2 aliphatic carbocycles. The first-order valence-corrected chi connectivity index (χ1v) is 24.5. The van der Waals surface area contributed by atoms with Crippen molar-refractivity contribution in [3.63, 3.8) is 0 Å². The summed E-state index contributed by atoms with van der Waals surface area (Å²) in [6.07, 6.45) is 0. The van der Waals surface area contributed by atoms with Crippen LogP contribution in [0.15, 0.2) is 273 Å². The SMILES string of the molecule is C.c1ccc2c(c1)-c1ccccc1C21c2ccccc2-c2cccc(-c3ccc(-c4ccc(C(c5ccc(-c6ccc(-c7cccc8ccccc78)cc6)cc5)c5cccc6ccccc56)cc4)cc3)c21. The first kappa shape index (κ1) is 42.3. The van der Waals surface area contributed by atoms with Crippen molar-refractivity contribution in [3.8, 4) is 66.8 Å². The van der Waals surface area contributed by atoms with Gasteiger partial charge in [-0.25, -0.2) is 0 Å². The molecule has 1 unspecified atom stereocenters. The maximum absolute atomic E-state index is 2.36. The van der Waals surface area contributed by atoms with E-state index in [0.717, 1.165) is 0 Å². The predicted octanol–water partition coefficient (Wildman–Crippen LogP) is 18.8. The molecule has 14 rings (SSSR count). The van der Waals surface area contributed by atoms with Crippen molar-refractivity contribution in [2.24, 2.45) is 0 Å². The number of benzene rings is 12. The summed E-state index contributed by atoms with van der Waals surface area (Å²) in [6.45, 7) is 0. The van der Waals surface area contributed by atoms with Crippen molar-refractivity contribution in [1.82, 2.24) is 0 Å². The van der Waals surface area contributed by atoms with E-state index in [1.165, 1.54) is 127 Å². The van der Waals surface area contributed by atoms with Crippen LogP contribution in [0.25, 0.3) is 88.3 Å². The fourth-order valence-electron chi connectivity index (χ4n) is 12.3. The van der Waals surface area contributed by atoms with Gasteiger partial charge in [0.25, 0.3) is 0 Å². The Morgan fingerprint density at radius 3 is 1.13 bits per heavy atom. The third-order valence-corrected chi connectivity index (χ3v) is 15.5. The van der Waals surface area contributed by atoms with Gasteiger partial charge in [-0.1, -0.05) is 280 Å². The summed E-state index contributed by atoms with van der Waals surface area (Å²) < 4.78 is 0. The maximum atomic E-state index is 2.36. The number of hydrogen-bond donors (Lipinski definition) is 0. The lowest BCUT2D eigenvalue weighted by Gasteiger charge is -2.32. The minimum Gasteiger partial charge on any atom is -0.0776 e. The van der Waals surface area contributed by atoms with Gasteiger partial charge in [0.05, 0.1) is 5.41 Å². The zero-order chi connectivity index (χ0) is 46.2. The molecule has 2 aliphatic rings. The fourth-order valence-corrected chi connectivity index (χ4v) is 12.3. The highest BCUT2D eigenvalue weighted by Crippen LogP contribution is 2.64. The Hall–Kier alpha value is -8.84.